The van der Waals surface area contributed by atoms with Gasteiger partial charge in [-0.1, -0.05) is 60.7 Å². The molecule has 2 heteroatoms. The smallest absolute Gasteiger partial charge is 0.0534 e. The number of aryl methyl sites for hydroxylation is 2. The lowest BCUT2D eigenvalue weighted by molar-refractivity contribution is 1.55. The zero-order valence-corrected chi connectivity index (χ0v) is 19.4. The predicted octanol–water partition coefficient (Wildman–Crippen LogP) is 9.89. The summed E-state index contributed by atoms with van der Waals surface area (Å²) in [6.45, 7) is 4.45. The van der Waals surface area contributed by atoms with Crippen molar-refractivity contribution >= 4 is 85.9 Å². The van der Waals surface area contributed by atoms with Crippen LogP contribution in [0.5, 0.6) is 0 Å². The Kier molecular flexibility index (Phi) is 3.13. The van der Waals surface area contributed by atoms with Crippen LogP contribution in [0.15, 0.2) is 72.8 Å². The molecular weight excluding hydrogens is 424 g/mol. The normalized spacial score (nSPS) is 12.7. The first-order chi connectivity index (χ1) is 15.7. The third-order valence-corrected chi connectivity index (χ3v) is 9.81. The fraction of sp³-hybridized carbons (Fsp3) is 0.0667. The molecule has 0 radical (unpaired) electrons. The Morgan fingerprint density at radius 1 is 0.406 bits per heavy atom. The van der Waals surface area contributed by atoms with Crippen LogP contribution in [-0.2, 0) is 0 Å². The van der Waals surface area contributed by atoms with Crippen molar-refractivity contribution in [2.75, 3.05) is 0 Å². The molecular formula is C30H18S2. The molecule has 2 heterocycles. The van der Waals surface area contributed by atoms with E-state index in [1.807, 2.05) is 22.7 Å². The van der Waals surface area contributed by atoms with Gasteiger partial charge in [-0.05, 0) is 69.4 Å². The molecule has 0 fully saturated rings. The summed E-state index contributed by atoms with van der Waals surface area (Å²) >= 11 is 3.91. The first-order valence-electron chi connectivity index (χ1n) is 11.0. The molecule has 8 aromatic rings. The molecule has 0 aliphatic carbocycles. The molecule has 0 aliphatic rings. The number of rotatable bonds is 1. The predicted molar refractivity (Wildman–Crippen MR) is 145 cm³/mol. The van der Waals surface area contributed by atoms with Crippen LogP contribution < -0.4 is 0 Å². The number of benzene rings is 6. The van der Waals surface area contributed by atoms with Crippen LogP contribution in [-0.4, -0.2) is 0 Å². The van der Waals surface area contributed by atoms with Crippen LogP contribution in [0.25, 0.3) is 73.0 Å². The third kappa shape index (κ3) is 1.98. The molecule has 0 unspecified atom stereocenters. The Morgan fingerprint density at radius 3 is 1.28 bits per heavy atom. The van der Waals surface area contributed by atoms with Gasteiger partial charge in [0.1, 0.15) is 0 Å². The molecule has 150 valence electrons. The molecule has 0 bridgehead atoms. The van der Waals surface area contributed by atoms with E-state index < -0.39 is 0 Å². The quantitative estimate of drug-likeness (QED) is 0.237. The lowest BCUT2D eigenvalue weighted by atomic mass is 9.94. The monoisotopic (exact) mass is 442 g/mol. The minimum atomic E-state index is 1.34. The van der Waals surface area contributed by atoms with Crippen molar-refractivity contribution in [1.82, 2.24) is 0 Å². The average Bonchev–Trinajstić information content (AvgIpc) is 3.38. The van der Waals surface area contributed by atoms with Gasteiger partial charge >= 0.3 is 0 Å². The van der Waals surface area contributed by atoms with Gasteiger partial charge in [0.15, 0.2) is 0 Å². The molecule has 0 saturated heterocycles. The van der Waals surface area contributed by atoms with Gasteiger partial charge in [0.2, 0.25) is 0 Å². The van der Waals surface area contributed by atoms with E-state index in [-0.39, 0.29) is 0 Å². The molecule has 0 aliphatic heterocycles. The molecule has 0 saturated carbocycles. The van der Waals surface area contributed by atoms with Crippen LogP contribution in [0.4, 0.5) is 0 Å². The van der Waals surface area contributed by atoms with E-state index in [4.69, 9.17) is 0 Å². The van der Waals surface area contributed by atoms with E-state index in [1.165, 1.54) is 84.1 Å². The van der Waals surface area contributed by atoms with E-state index in [0.29, 0.717) is 0 Å². The van der Waals surface area contributed by atoms with Gasteiger partial charge < -0.3 is 0 Å². The fourth-order valence-corrected chi connectivity index (χ4v) is 8.30. The van der Waals surface area contributed by atoms with Crippen molar-refractivity contribution in [3.63, 3.8) is 0 Å². The van der Waals surface area contributed by atoms with Crippen molar-refractivity contribution in [1.29, 1.82) is 0 Å². The first kappa shape index (κ1) is 17.4. The Balaban J connectivity index is 1.55. The summed E-state index contributed by atoms with van der Waals surface area (Å²) in [5.41, 5.74) is 2.71. The van der Waals surface area contributed by atoms with Gasteiger partial charge in [0.05, 0.1) is 9.75 Å². The highest BCUT2D eigenvalue weighted by molar-refractivity contribution is 7.30. The highest BCUT2D eigenvalue weighted by atomic mass is 32.1. The SMILES string of the molecule is Cc1ccc2ccc3sc(-c4sc5ccc6ccc(C)c7ccc4c5c67)c4ccc1c2c34. The van der Waals surface area contributed by atoms with E-state index >= 15 is 0 Å². The minimum absolute atomic E-state index is 1.34. The zero-order chi connectivity index (χ0) is 21.1. The second kappa shape index (κ2) is 5.78. The second-order valence-electron chi connectivity index (χ2n) is 9.02. The maximum Gasteiger partial charge on any atom is 0.0534 e. The van der Waals surface area contributed by atoms with E-state index in [9.17, 15) is 0 Å². The van der Waals surface area contributed by atoms with Crippen molar-refractivity contribution in [2.24, 2.45) is 0 Å². The topological polar surface area (TPSA) is 0 Å². The standard InChI is InChI=1S/C30H18S2/c1-15-3-5-17-7-13-23-27-21(11-9-19(15)25(17)27)29(31-23)30-22-12-10-20-16(2)4-6-18-8-14-24(32-30)28(22)26(18)20/h3-14H,1-2H3. The summed E-state index contributed by atoms with van der Waals surface area (Å²) < 4.78 is 2.79. The summed E-state index contributed by atoms with van der Waals surface area (Å²) in [5, 5.41) is 14.0. The molecule has 0 spiro atoms. The van der Waals surface area contributed by atoms with E-state index in [1.54, 1.807) is 0 Å². The van der Waals surface area contributed by atoms with Gasteiger partial charge in [0.25, 0.3) is 0 Å². The van der Waals surface area contributed by atoms with Gasteiger partial charge in [0, 0.05) is 30.9 Å². The Bertz CT molecular complexity index is 1850. The Labute approximate surface area is 193 Å². The summed E-state index contributed by atoms with van der Waals surface area (Å²) in [7, 11) is 0. The Morgan fingerprint density at radius 2 is 0.812 bits per heavy atom. The zero-order valence-electron chi connectivity index (χ0n) is 17.7. The number of hydrogen-bond acceptors (Lipinski definition) is 2. The lowest BCUT2D eigenvalue weighted by Crippen LogP contribution is -1.83. The highest BCUT2D eigenvalue weighted by Crippen LogP contribution is 2.52. The van der Waals surface area contributed by atoms with Gasteiger partial charge in [-0.3, -0.25) is 0 Å². The average molecular weight is 443 g/mol. The van der Waals surface area contributed by atoms with Crippen molar-refractivity contribution in [3.05, 3.63) is 83.9 Å². The summed E-state index contributed by atoms with van der Waals surface area (Å²) in [6, 6.07) is 27.7. The summed E-state index contributed by atoms with van der Waals surface area (Å²) in [5.74, 6) is 0. The molecule has 6 aromatic carbocycles. The molecule has 0 nitrogen and oxygen atoms in total. The van der Waals surface area contributed by atoms with Crippen LogP contribution in [0, 0.1) is 13.8 Å². The lowest BCUT2D eigenvalue weighted by Gasteiger charge is -2.09. The number of thiophene rings is 2. The largest absolute Gasteiger partial charge is 0.134 e. The molecule has 2 aromatic heterocycles. The summed E-state index contributed by atoms with van der Waals surface area (Å²) in [4.78, 5) is 2.84. The van der Waals surface area contributed by atoms with E-state index in [0.717, 1.165) is 0 Å². The highest BCUT2D eigenvalue weighted by Gasteiger charge is 2.21. The minimum Gasteiger partial charge on any atom is -0.134 e. The summed E-state index contributed by atoms with van der Waals surface area (Å²) in [6.07, 6.45) is 0. The second-order valence-corrected chi connectivity index (χ2v) is 11.1. The van der Waals surface area contributed by atoms with Crippen LogP contribution in [0.2, 0.25) is 0 Å². The maximum absolute atomic E-state index is 2.36. The van der Waals surface area contributed by atoms with Crippen LogP contribution in [0.1, 0.15) is 11.1 Å². The van der Waals surface area contributed by atoms with Crippen LogP contribution >= 0.6 is 22.7 Å². The number of hydrogen-bond donors (Lipinski definition) is 0. The Hall–Kier alpha value is -3.20. The molecule has 0 N–H and O–H groups in total. The molecule has 32 heavy (non-hydrogen) atoms. The van der Waals surface area contributed by atoms with Crippen molar-refractivity contribution < 1.29 is 0 Å². The maximum atomic E-state index is 2.36. The van der Waals surface area contributed by atoms with E-state index in [2.05, 4.69) is 86.6 Å². The van der Waals surface area contributed by atoms with Gasteiger partial charge in [-0.2, -0.15) is 0 Å². The first-order valence-corrected chi connectivity index (χ1v) is 12.7. The van der Waals surface area contributed by atoms with Crippen molar-refractivity contribution in [3.8, 4) is 9.75 Å². The molecule has 0 atom stereocenters. The third-order valence-electron chi connectivity index (χ3n) is 7.30. The fourth-order valence-electron chi connectivity index (χ4n) is 5.74. The molecule has 0 amide bonds. The van der Waals surface area contributed by atoms with Crippen LogP contribution in [0.3, 0.4) is 0 Å². The van der Waals surface area contributed by atoms with Crippen molar-refractivity contribution in [2.45, 2.75) is 13.8 Å². The van der Waals surface area contributed by atoms with Gasteiger partial charge in [-0.15, -0.1) is 22.7 Å². The van der Waals surface area contributed by atoms with Gasteiger partial charge in [-0.25, -0.2) is 0 Å². The molecule has 8 rings (SSSR count).